The van der Waals surface area contributed by atoms with E-state index >= 15 is 0 Å². The van der Waals surface area contributed by atoms with Crippen LogP contribution in [0.25, 0.3) is 0 Å². The lowest BCUT2D eigenvalue weighted by Crippen LogP contribution is -2.37. The minimum atomic E-state index is -0.539. The topological polar surface area (TPSA) is 81.2 Å². The highest BCUT2D eigenvalue weighted by Gasteiger charge is 2.12. The van der Waals surface area contributed by atoms with Crippen LogP contribution >= 0.6 is 0 Å². The summed E-state index contributed by atoms with van der Waals surface area (Å²) in [6, 6.07) is 16.7. The van der Waals surface area contributed by atoms with Crippen molar-refractivity contribution in [3.8, 4) is 11.5 Å². The smallest absolute Gasteiger partial charge is 0.375 e. The van der Waals surface area contributed by atoms with Crippen molar-refractivity contribution in [1.29, 1.82) is 0 Å². The highest BCUT2D eigenvalue weighted by Crippen LogP contribution is 2.15. The summed E-state index contributed by atoms with van der Waals surface area (Å²) in [6.07, 6.45) is 0. The number of esters is 1. The number of carbonyl (C=O) groups is 1. The standard InChI is InChI=1S/C19H23N3O4/c1-3-25-19(23)18(20-12-13-26-16-9-5-4-6-10-16)22-21-15-8-7-11-17(14-15)24-2/h4-11,14,21H,3,12-13H2,1-2H3,(H,20,22). The highest BCUT2D eigenvalue weighted by atomic mass is 16.5. The van der Waals surface area contributed by atoms with Gasteiger partial charge in [0.1, 0.15) is 18.1 Å². The van der Waals surface area contributed by atoms with Crippen LogP contribution in [0.2, 0.25) is 0 Å². The zero-order chi connectivity index (χ0) is 18.6. The van der Waals surface area contributed by atoms with Gasteiger partial charge in [-0.15, -0.1) is 0 Å². The maximum absolute atomic E-state index is 12.0. The summed E-state index contributed by atoms with van der Waals surface area (Å²) >= 11 is 0. The summed E-state index contributed by atoms with van der Waals surface area (Å²) in [5.74, 6) is 0.986. The number of amidine groups is 1. The fourth-order valence-corrected chi connectivity index (χ4v) is 2.02. The molecule has 0 atom stereocenters. The third-order valence-corrected chi connectivity index (χ3v) is 3.24. The van der Waals surface area contributed by atoms with Crippen LogP contribution in [0, 0.1) is 0 Å². The van der Waals surface area contributed by atoms with Crippen molar-refractivity contribution >= 4 is 17.5 Å². The van der Waals surface area contributed by atoms with E-state index in [4.69, 9.17) is 14.2 Å². The lowest BCUT2D eigenvalue weighted by molar-refractivity contribution is -0.135. The molecule has 0 saturated carbocycles. The van der Waals surface area contributed by atoms with Crippen LogP contribution in [-0.4, -0.2) is 38.7 Å². The van der Waals surface area contributed by atoms with Crippen molar-refractivity contribution in [1.82, 2.24) is 5.43 Å². The molecule has 0 bridgehead atoms. The van der Waals surface area contributed by atoms with Crippen molar-refractivity contribution in [2.75, 3.05) is 32.3 Å². The number of aliphatic imine (C=N–C) groups is 1. The molecule has 2 N–H and O–H groups in total. The Morgan fingerprint density at radius 1 is 1.08 bits per heavy atom. The van der Waals surface area contributed by atoms with Crippen molar-refractivity contribution in [2.24, 2.45) is 4.99 Å². The van der Waals surface area contributed by atoms with Crippen LogP contribution in [0.5, 0.6) is 11.5 Å². The van der Waals surface area contributed by atoms with E-state index in [2.05, 4.69) is 15.8 Å². The zero-order valence-electron chi connectivity index (χ0n) is 14.9. The van der Waals surface area contributed by atoms with Crippen molar-refractivity contribution in [3.63, 3.8) is 0 Å². The molecule has 0 unspecified atom stereocenters. The molecule has 0 amide bonds. The van der Waals surface area contributed by atoms with E-state index < -0.39 is 5.97 Å². The maximum Gasteiger partial charge on any atom is 0.375 e. The van der Waals surface area contributed by atoms with Crippen molar-refractivity contribution in [3.05, 3.63) is 54.6 Å². The zero-order valence-corrected chi connectivity index (χ0v) is 14.9. The van der Waals surface area contributed by atoms with Gasteiger partial charge in [0.15, 0.2) is 0 Å². The Balaban J connectivity index is 1.92. The second kappa shape index (κ2) is 10.6. The lowest BCUT2D eigenvalue weighted by atomic mass is 10.3. The van der Waals surface area contributed by atoms with Gasteiger partial charge in [0.05, 0.1) is 25.9 Å². The average Bonchev–Trinajstić information content (AvgIpc) is 2.68. The van der Waals surface area contributed by atoms with Crippen molar-refractivity contribution in [2.45, 2.75) is 6.92 Å². The Hall–Kier alpha value is -3.22. The van der Waals surface area contributed by atoms with Gasteiger partial charge in [0, 0.05) is 6.07 Å². The first-order chi connectivity index (χ1) is 12.7. The second-order valence-corrected chi connectivity index (χ2v) is 5.09. The summed E-state index contributed by atoms with van der Waals surface area (Å²) < 4.78 is 15.7. The van der Waals surface area contributed by atoms with Gasteiger partial charge in [-0.05, 0) is 31.2 Å². The molecule has 0 aliphatic carbocycles. The van der Waals surface area contributed by atoms with Crippen LogP contribution in [0.15, 0.2) is 59.6 Å². The van der Waals surface area contributed by atoms with Gasteiger partial charge in [-0.1, -0.05) is 24.3 Å². The molecule has 0 saturated heterocycles. The number of nitrogens with one attached hydrogen (secondary N) is 2. The molecular weight excluding hydrogens is 334 g/mol. The quantitative estimate of drug-likeness (QED) is 0.249. The Bertz CT molecular complexity index is 720. The molecule has 2 aromatic rings. The summed E-state index contributed by atoms with van der Waals surface area (Å²) in [4.78, 5) is 16.3. The summed E-state index contributed by atoms with van der Waals surface area (Å²) in [7, 11) is 1.59. The molecule has 0 fully saturated rings. The molecular formula is C19H23N3O4. The number of hydrazine groups is 1. The van der Waals surface area contributed by atoms with E-state index in [1.54, 1.807) is 20.1 Å². The number of carbonyl (C=O) groups excluding carboxylic acids is 1. The van der Waals surface area contributed by atoms with Gasteiger partial charge in [0.2, 0.25) is 5.84 Å². The van der Waals surface area contributed by atoms with Crippen molar-refractivity contribution < 1.29 is 19.0 Å². The predicted octanol–water partition coefficient (Wildman–Crippen LogP) is 2.65. The summed E-state index contributed by atoms with van der Waals surface area (Å²) in [5, 5.41) is 0. The van der Waals surface area contributed by atoms with Crippen LogP contribution in [0.3, 0.4) is 0 Å². The molecule has 0 aliphatic rings. The third-order valence-electron chi connectivity index (χ3n) is 3.24. The first-order valence-corrected chi connectivity index (χ1v) is 8.28. The minimum Gasteiger partial charge on any atom is -0.497 e. The molecule has 138 valence electrons. The molecule has 0 spiro atoms. The van der Waals surface area contributed by atoms with E-state index in [0.29, 0.717) is 18.9 Å². The van der Waals surface area contributed by atoms with Crippen LogP contribution in [-0.2, 0) is 9.53 Å². The number of methoxy groups -OCH3 is 1. The largest absolute Gasteiger partial charge is 0.497 e. The van der Waals surface area contributed by atoms with Gasteiger partial charge in [0.25, 0.3) is 0 Å². The Morgan fingerprint density at radius 3 is 2.58 bits per heavy atom. The first kappa shape index (κ1) is 19.1. The van der Waals surface area contributed by atoms with E-state index in [0.717, 1.165) is 11.4 Å². The van der Waals surface area contributed by atoms with Gasteiger partial charge >= 0.3 is 5.97 Å². The first-order valence-electron chi connectivity index (χ1n) is 8.28. The monoisotopic (exact) mass is 357 g/mol. The highest BCUT2D eigenvalue weighted by molar-refractivity contribution is 6.35. The number of para-hydroxylation sites is 1. The number of anilines is 1. The van der Waals surface area contributed by atoms with Gasteiger partial charge in [-0.25, -0.2) is 4.79 Å². The van der Waals surface area contributed by atoms with Gasteiger partial charge in [-0.2, -0.15) is 0 Å². The predicted molar refractivity (Wildman–Crippen MR) is 101 cm³/mol. The molecule has 7 heteroatoms. The number of hydrogen-bond acceptors (Lipinski definition) is 6. The number of benzene rings is 2. The molecule has 7 nitrogen and oxygen atoms in total. The third kappa shape index (κ3) is 6.35. The SMILES string of the molecule is CCOC(=O)C(=NCCOc1ccccc1)NNc1cccc(OC)c1. The van der Waals surface area contributed by atoms with E-state index in [1.165, 1.54) is 0 Å². The number of rotatable bonds is 8. The minimum absolute atomic E-state index is 0.0753. The molecule has 0 heterocycles. The molecule has 0 aliphatic heterocycles. The van der Waals surface area contributed by atoms with Gasteiger partial charge < -0.3 is 14.2 Å². The van der Waals surface area contributed by atoms with Crippen LogP contribution < -0.4 is 20.3 Å². The number of hydrogen-bond donors (Lipinski definition) is 2. The maximum atomic E-state index is 12.0. The molecule has 0 aromatic heterocycles. The molecule has 26 heavy (non-hydrogen) atoms. The Kier molecular flexibility index (Phi) is 7.79. The molecule has 0 radical (unpaired) electrons. The van der Waals surface area contributed by atoms with Crippen LogP contribution in [0.4, 0.5) is 5.69 Å². The fourth-order valence-electron chi connectivity index (χ4n) is 2.02. The summed E-state index contributed by atoms with van der Waals surface area (Å²) in [6.45, 7) is 2.65. The normalized spacial score (nSPS) is 10.8. The Labute approximate surface area is 153 Å². The van der Waals surface area contributed by atoms with E-state index in [-0.39, 0.29) is 12.4 Å². The van der Waals surface area contributed by atoms with Crippen LogP contribution in [0.1, 0.15) is 6.92 Å². The fraction of sp³-hybridized carbons (Fsp3) is 0.263. The molecule has 2 aromatic carbocycles. The second-order valence-electron chi connectivity index (χ2n) is 5.09. The molecule has 2 rings (SSSR count). The number of ether oxygens (including phenoxy) is 3. The lowest BCUT2D eigenvalue weighted by Gasteiger charge is -2.12. The van der Waals surface area contributed by atoms with E-state index in [9.17, 15) is 4.79 Å². The number of nitrogens with zero attached hydrogens (tertiary/aromatic N) is 1. The summed E-state index contributed by atoms with van der Waals surface area (Å²) in [5.41, 5.74) is 6.42. The average molecular weight is 357 g/mol. The Morgan fingerprint density at radius 2 is 1.85 bits per heavy atom. The van der Waals surface area contributed by atoms with E-state index in [1.807, 2.05) is 48.5 Å². The van der Waals surface area contributed by atoms with Gasteiger partial charge in [-0.3, -0.25) is 15.8 Å².